The number of nitrogens with one attached hydrogen (secondary N) is 2. The number of alkyl halides is 3. The van der Waals surface area contributed by atoms with E-state index in [1.807, 2.05) is 0 Å². The highest BCUT2D eigenvalue weighted by atomic mass is 19.4. The molecule has 8 heteroatoms. The Labute approximate surface area is 141 Å². The van der Waals surface area contributed by atoms with Crippen molar-refractivity contribution in [2.75, 3.05) is 5.32 Å². The van der Waals surface area contributed by atoms with Crippen LogP contribution in [0.2, 0.25) is 0 Å². The summed E-state index contributed by atoms with van der Waals surface area (Å²) in [5, 5.41) is 6.87. The summed E-state index contributed by atoms with van der Waals surface area (Å²) >= 11 is 0. The van der Waals surface area contributed by atoms with Gasteiger partial charge < -0.3 is 10.1 Å². The van der Waals surface area contributed by atoms with Crippen molar-refractivity contribution in [3.05, 3.63) is 59.7 Å². The first-order valence-electron chi connectivity index (χ1n) is 7.38. The van der Waals surface area contributed by atoms with Gasteiger partial charge in [0.25, 0.3) is 5.90 Å². The number of benzene rings is 2. The van der Waals surface area contributed by atoms with Crippen LogP contribution in [0.25, 0.3) is 0 Å². The summed E-state index contributed by atoms with van der Waals surface area (Å²) in [5.41, 5.74) is 3.79. The van der Waals surface area contributed by atoms with Gasteiger partial charge in [-0.15, -0.1) is 5.10 Å². The van der Waals surface area contributed by atoms with E-state index >= 15 is 0 Å². The largest absolute Gasteiger partial charge is 0.444 e. The Kier molecular flexibility index (Phi) is 4.35. The Balaban J connectivity index is 1.79. The first-order valence-corrected chi connectivity index (χ1v) is 7.38. The average molecular weight is 349 g/mol. The number of Topliss-reactive ketones (excluding diaryl/α,β-unsaturated/α-hetero) is 1. The second-order valence-electron chi connectivity index (χ2n) is 5.39. The van der Waals surface area contributed by atoms with Crippen molar-refractivity contribution in [1.29, 1.82) is 0 Å². The van der Waals surface area contributed by atoms with Crippen LogP contribution in [-0.4, -0.2) is 11.7 Å². The van der Waals surface area contributed by atoms with Gasteiger partial charge in [-0.3, -0.25) is 10.2 Å². The minimum atomic E-state index is -4.38. The fourth-order valence-electron chi connectivity index (χ4n) is 2.31. The third kappa shape index (κ3) is 3.73. The standard InChI is InChI=1S/C17H14F3N3O2/c1-10(24)15-22-23-16(25-15)13-4-2-3-5-14(13)21-12-8-6-11(7-9-12)17(18,19)20/h2-9,16,21,23H,1H3. The second kappa shape index (κ2) is 6.46. The third-order valence-corrected chi connectivity index (χ3v) is 3.55. The van der Waals surface area contributed by atoms with Crippen molar-refractivity contribution in [2.45, 2.75) is 19.3 Å². The number of anilines is 2. The molecule has 0 fully saturated rings. The van der Waals surface area contributed by atoms with Gasteiger partial charge in [0, 0.05) is 23.9 Å². The van der Waals surface area contributed by atoms with E-state index < -0.39 is 18.0 Å². The number of carbonyl (C=O) groups is 1. The number of carbonyl (C=O) groups excluding carboxylic acids is 1. The van der Waals surface area contributed by atoms with E-state index in [9.17, 15) is 18.0 Å². The highest BCUT2D eigenvalue weighted by Crippen LogP contribution is 2.32. The molecule has 0 spiro atoms. The maximum absolute atomic E-state index is 12.6. The minimum Gasteiger partial charge on any atom is -0.444 e. The van der Waals surface area contributed by atoms with Gasteiger partial charge in [0.15, 0.2) is 0 Å². The zero-order valence-electron chi connectivity index (χ0n) is 13.1. The molecule has 2 aromatic rings. The van der Waals surface area contributed by atoms with Crippen molar-refractivity contribution >= 4 is 23.1 Å². The number of hydrazone groups is 1. The molecular formula is C17H14F3N3O2. The smallest absolute Gasteiger partial charge is 0.416 e. The fourth-order valence-corrected chi connectivity index (χ4v) is 2.31. The number of hydrogen-bond donors (Lipinski definition) is 2. The maximum atomic E-state index is 12.6. The van der Waals surface area contributed by atoms with Crippen LogP contribution in [0.1, 0.15) is 24.3 Å². The average Bonchev–Trinajstić information content (AvgIpc) is 3.05. The van der Waals surface area contributed by atoms with Crippen molar-refractivity contribution < 1.29 is 22.7 Å². The number of nitrogens with zero attached hydrogens (tertiary/aromatic N) is 1. The Morgan fingerprint density at radius 1 is 1.16 bits per heavy atom. The third-order valence-electron chi connectivity index (χ3n) is 3.55. The molecule has 0 saturated carbocycles. The predicted molar refractivity (Wildman–Crippen MR) is 86.2 cm³/mol. The van der Waals surface area contributed by atoms with Gasteiger partial charge in [-0.25, -0.2) is 0 Å². The number of para-hydroxylation sites is 1. The van der Waals surface area contributed by atoms with Gasteiger partial charge >= 0.3 is 6.18 Å². The van der Waals surface area contributed by atoms with E-state index in [1.54, 1.807) is 24.3 Å². The molecule has 0 aliphatic carbocycles. The predicted octanol–water partition coefficient (Wildman–Crippen LogP) is 3.97. The molecule has 0 amide bonds. The van der Waals surface area contributed by atoms with Gasteiger partial charge in [-0.2, -0.15) is 13.2 Å². The lowest BCUT2D eigenvalue weighted by Gasteiger charge is -2.17. The molecule has 1 atom stereocenters. The van der Waals surface area contributed by atoms with Crippen LogP contribution in [-0.2, 0) is 15.7 Å². The zero-order valence-corrected chi connectivity index (χ0v) is 13.1. The first-order chi connectivity index (χ1) is 11.8. The number of ether oxygens (including phenoxy) is 1. The van der Waals surface area contributed by atoms with Gasteiger partial charge in [0.05, 0.1) is 5.56 Å². The highest BCUT2D eigenvalue weighted by molar-refractivity contribution is 6.35. The fraction of sp³-hybridized carbons (Fsp3) is 0.176. The minimum absolute atomic E-state index is 0.0191. The van der Waals surface area contributed by atoms with Crippen LogP contribution in [0.4, 0.5) is 24.5 Å². The summed E-state index contributed by atoms with van der Waals surface area (Å²) in [4.78, 5) is 11.3. The van der Waals surface area contributed by atoms with Crippen LogP contribution in [0, 0.1) is 0 Å². The summed E-state index contributed by atoms with van der Waals surface area (Å²) in [5.74, 6) is -0.322. The summed E-state index contributed by atoms with van der Waals surface area (Å²) in [6.45, 7) is 1.34. The van der Waals surface area contributed by atoms with Crippen LogP contribution < -0.4 is 10.7 Å². The molecule has 3 rings (SSSR count). The van der Waals surface area contributed by atoms with E-state index in [0.717, 1.165) is 12.1 Å². The molecule has 130 valence electrons. The molecule has 0 radical (unpaired) electrons. The lowest BCUT2D eigenvalue weighted by atomic mass is 10.1. The highest BCUT2D eigenvalue weighted by Gasteiger charge is 2.30. The van der Waals surface area contributed by atoms with E-state index in [1.165, 1.54) is 19.1 Å². The van der Waals surface area contributed by atoms with Crippen LogP contribution in [0.3, 0.4) is 0 Å². The van der Waals surface area contributed by atoms with Gasteiger partial charge in [0.1, 0.15) is 0 Å². The van der Waals surface area contributed by atoms with Gasteiger partial charge in [-0.05, 0) is 30.3 Å². The van der Waals surface area contributed by atoms with Crippen LogP contribution >= 0.6 is 0 Å². The Bertz CT molecular complexity index is 817. The van der Waals surface area contributed by atoms with Crippen molar-refractivity contribution in [3.8, 4) is 0 Å². The Morgan fingerprint density at radius 3 is 2.44 bits per heavy atom. The van der Waals surface area contributed by atoms with E-state index in [2.05, 4.69) is 15.8 Å². The molecule has 1 heterocycles. The van der Waals surface area contributed by atoms with E-state index in [-0.39, 0.29) is 11.7 Å². The van der Waals surface area contributed by atoms with Crippen molar-refractivity contribution in [1.82, 2.24) is 5.43 Å². The number of halogens is 3. The molecule has 2 aromatic carbocycles. The van der Waals surface area contributed by atoms with E-state index in [4.69, 9.17) is 4.74 Å². The Hall–Kier alpha value is -3.03. The zero-order chi connectivity index (χ0) is 18.0. The summed E-state index contributed by atoms with van der Waals surface area (Å²) in [7, 11) is 0. The topological polar surface area (TPSA) is 62.7 Å². The van der Waals surface area contributed by atoms with Crippen LogP contribution in [0.5, 0.6) is 0 Å². The molecule has 1 unspecified atom stereocenters. The normalized spacial score (nSPS) is 16.6. The van der Waals surface area contributed by atoms with Gasteiger partial charge in [-0.1, -0.05) is 18.2 Å². The monoisotopic (exact) mass is 349 g/mol. The summed E-state index contributed by atoms with van der Waals surface area (Å²) in [6, 6.07) is 11.8. The molecular weight excluding hydrogens is 335 g/mol. The van der Waals surface area contributed by atoms with Crippen LogP contribution in [0.15, 0.2) is 53.6 Å². The lowest BCUT2D eigenvalue weighted by molar-refractivity contribution is -0.137. The quantitative estimate of drug-likeness (QED) is 0.877. The molecule has 5 nitrogen and oxygen atoms in total. The molecule has 0 bridgehead atoms. The van der Waals surface area contributed by atoms with Crippen molar-refractivity contribution in [3.63, 3.8) is 0 Å². The molecule has 1 aliphatic heterocycles. The molecule has 1 aliphatic rings. The van der Waals surface area contributed by atoms with Crippen molar-refractivity contribution in [2.24, 2.45) is 5.10 Å². The number of rotatable bonds is 4. The Morgan fingerprint density at radius 2 is 1.84 bits per heavy atom. The first kappa shape index (κ1) is 16.8. The molecule has 0 aromatic heterocycles. The molecule has 0 saturated heterocycles. The molecule has 25 heavy (non-hydrogen) atoms. The van der Waals surface area contributed by atoms with Gasteiger partial charge in [0.2, 0.25) is 12.0 Å². The molecule has 2 N–H and O–H groups in total. The number of ketones is 1. The lowest BCUT2D eigenvalue weighted by Crippen LogP contribution is -2.16. The maximum Gasteiger partial charge on any atom is 0.416 e. The number of hydrogen-bond acceptors (Lipinski definition) is 5. The second-order valence-corrected chi connectivity index (χ2v) is 5.39. The van der Waals surface area contributed by atoms with E-state index in [0.29, 0.717) is 16.9 Å². The SMILES string of the molecule is CC(=O)C1=NNC(c2ccccc2Nc2ccc(C(F)(F)F)cc2)O1. The summed E-state index contributed by atoms with van der Waals surface area (Å²) < 4.78 is 43.3. The summed E-state index contributed by atoms with van der Waals surface area (Å²) in [6.07, 6.45) is -5.03.